The van der Waals surface area contributed by atoms with Crippen LogP contribution in [0, 0.1) is 0 Å². The summed E-state index contributed by atoms with van der Waals surface area (Å²) in [6.45, 7) is 5.99. The van der Waals surface area contributed by atoms with Gasteiger partial charge in [-0.15, -0.1) is 0 Å². The molecule has 9 heteroatoms. The van der Waals surface area contributed by atoms with Crippen LogP contribution in [-0.4, -0.2) is 81.8 Å². The molecule has 2 amide bonds. The highest BCUT2D eigenvalue weighted by molar-refractivity contribution is 5.81. The van der Waals surface area contributed by atoms with E-state index in [0.717, 1.165) is 38.5 Å². The zero-order chi connectivity index (χ0) is 39.7. The Kier molecular flexibility index (Phi) is 32.8. The molecule has 54 heavy (non-hydrogen) atoms. The minimum Gasteiger partial charge on any atom is -0.394 e. The smallest absolute Gasteiger partial charge is 0.237 e. The molecule has 0 aliphatic carbocycles. The predicted octanol–water partition coefficient (Wildman–Crippen LogP) is 9.61. The molecule has 6 N–H and O–H groups in total. The van der Waals surface area contributed by atoms with E-state index in [9.17, 15) is 24.9 Å². The summed E-state index contributed by atoms with van der Waals surface area (Å²) in [5, 5.41) is 34.4. The van der Waals surface area contributed by atoms with Gasteiger partial charge in [0.1, 0.15) is 24.4 Å². The molecule has 9 nitrogen and oxygen atoms in total. The van der Waals surface area contributed by atoms with Crippen LogP contribution < -0.4 is 11.1 Å². The summed E-state index contributed by atoms with van der Waals surface area (Å²) in [6, 6.07) is -1.90. The molecule has 0 bridgehead atoms. The number of hydrogen-bond donors (Lipinski definition) is 5. The molecular formula is C45H89N3O6. The van der Waals surface area contributed by atoms with Gasteiger partial charge in [0.05, 0.1) is 12.6 Å². The van der Waals surface area contributed by atoms with Crippen molar-refractivity contribution >= 4 is 11.8 Å². The highest BCUT2D eigenvalue weighted by Gasteiger charge is 2.48. The fourth-order valence-electron chi connectivity index (χ4n) is 7.83. The number of nitrogens with one attached hydrogen (secondary N) is 1. The summed E-state index contributed by atoms with van der Waals surface area (Å²) >= 11 is 0. The number of unbranched alkanes of at least 4 members (excludes halogenated alkanes) is 29. The maximum Gasteiger partial charge on any atom is 0.237 e. The van der Waals surface area contributed by atoms with Crippen molar-refractivity contribution in [2.75, 3.05) is 13.2 Å². The first kappa shape index (κ1) is 50.8. The number of aliphatic hydroxyl groups excluding tert-OH is 3. The van der Waals surface area contributed by atoms with E-state index in [1.54, 1.807) is 11.8 Å². The van der Waals surface area contributed by atoms with Crippen molar-refractivity contribution in [3.63, 3.8) is 0 Å². The molecular weight excluding hydrogens is 679 g/mol. The van der Waals surface area contributed by atoms with Crippen molar-refractivity contribution in [3.05, 3.63) is 0 Å². The SMILES string of the molecule is CCCCCCCCCCCCCCCCCCN(C(=O)CCCCCCCCCCCCCCCCC)[C@@H]1O[C@H](CO)[C@H](O)[C@H](O)[C@H]1NC(=O)[C@H](C)N. The molecule has 1 saturated heterocycles. The summed E-state index contributed by atoms with van der Waals surface area (Å²) in [5.41, 5.74) is 5.82. The molecule has 0 saturated carbocycles. The number of amides is 2. The fraction of sp³-hybridized carbons (Fsp3) is 0.956. The highest BCUT2D eigenvalue weighted by Crippen LogP contribution is 2.26. The number of nitrogens with two attached hydrogens (primary N) is 1. The minimum atomic E-state index is -1.42. The normalized spacial score (nSPS) is 20.6. The molecule has 1 aliphatic rings. The Morgan fingerprint density at radius 1 is 0.593 bits per heavy atom. The molecule has 1 fully saturated rings. The van der Waals surface area contributed by atoms with E-state index < -0.39 is 49.1 Å². The summed E-state index contributed by atoms with van der Waals surface area (Å²) < 4.78 is 6.09. The van der Waals surface area contributed by atoms with Crippen LogP contribution in [0.15, 0.2) is 0 Å². The van der Waals surface area contributed by atoms with Crippen LogP contribution in [-0.2, 0) is 14.3 Å². The number of nitrogens with zero attached hydrogens (tertiary/aromatic N) is 1. The Labute approximate surface area is 332 Å². The van der Waals surface area contributed by atoms with Gasteiger partial charge in [-0.1, -0.05) is 200 Å². The first-order valence-corrected chi connectivity index (χ1v) is 23.3. The zero-order valence-electron chi connectivity index (χ0n) is 35.6. The van der Waals surface area contributed by atoms with E-state index >= 15 is 0 Å². The topological polar surface area (TPSA) is 145 Å². The summed E-state index contributed by atoms with van der Waals surface area (Å²) in [6.07, 6.45) is 34.4. The van der Waals surface area contributed by atoms with Gasteiger partial charge in [-0.05, 0) is 19.8 Å². The van der Waals surface area contributed by atoms with Gasteiger partial charge in [-0.2, -0.15) is 0 Å². The van der Waals surface area contributed by atoms with Crippen molar-refractivity contribution in [3.8, 4) is 0 Å². The largest absolute Gasteiger partial charge is 0.394 e. The molecule has 0 unspecified atom stereocenters. The lowest BCUT2D eigenvalue weighted by Gasteiger charge is -2.47. The Morgan fingerprint density at radius 2 is 0.944 bits per heavy atom. The second kappa shape index (κ2) is 34.9. The molecule has 1 rings (SSSR count). The van der Waals surface area contributed by atoms with E-state index in [4.69, 9.17) is 10.5 Å². The quantitative estimate of drug-likeness (QED) is 0.0396. The lowest BCUT2D eigenvalue weighted by atomic mass is 9.94. The third kappa shape index (κ3) is 24.4. The molecule has 0 spiro atoms. The molecule has 6 atom stereocenters. The maximum atomic E-state index is 13.8. The Bertz CT molecular complexity index is 876. The van der Waals surface area contributed by atoms with Crippen LogP contribution in [0.5, 0.6) is 0 Å². The van der Waals surface area contributed by atoms with Crippen molar-refractivity contribution in [1.29, 1.82) is 0 Å². The molecule has 1 aliphatic heterocycles. The average Bonchev–Trinajstić information content (AvgIpc) is 3.16. The Balaban J connectivity index is 2.53. The van der Waals surface area contributed by atoms with E-state index in [2.05, 4.69) is 19.2 Å². The fourth-order valence-corrected chi connectivity index (χ4v) is 7.83. The first-order valence-electron chi connectivity index (χ1n) is 23.3. The van der Waals surface area contributed by atoms with Gasteiger partial charge < -0.3 is 36.0 Å². The molecule has 0 aromatic heterocycles. The van der Waals surface area contributed by atoms with E-state index in [1.807, 2.05) is 0 Å². The third-order valence-corrected chi connectivity index (χ3v) is 11.5. The van der Waals surface area contributed by atoms with E-state index in [1.165, 1.54) is 161 Å². The van der Waals surface area contributed by atoms with E-state index in [-0.39, 0.29) is 5.91 Å². The molecule has 0 aromatic rings. The zero-order valence-corrected chi connectivity index (χ0v) is 35.6. The van der Waals surface area contributed by atoms with Crippen LogP contribution in [0.3, 0.4) is 0 Å². The van der Waals surface area contributed by atoms with Crippen LogP contribution in [0.25, 0.3) is 0 Å². The second-order valence-corrected chi connectivity index (χ2v) is 16.6. The van der Waals surface area contributed by atoms with Crippen molar-refractivity contribution < 1.29 is 29.6 Å². The van der Waals surface area contributed by atoms with Gasteiger partial charge in [0.25, 0.3) is 0 Å². The third-order valence-electron chi connectivity index (χ3n) is 11.5. The molecule has 1 heterocycles. The van der Waals surface area contributed by atoms with Crippen LogP contribution in [0.4, 0.5) is 0 Å². The Hall–Kier alpha value is -1.26. The number of carbonyl (C=O) groups excluding carboxylic acids is 2. The van der Waals surface area contributed by atoms with Gasteiger partial charge in [-0.25, -0.2) is 0 Å². The van der Waals surface area contributed by atoms with Gasteiger partial charge >= 0.3 is 0 Å². The van der Waals surface area contributed by atoms with Crippen LogP contribution >= 0.6 is 0 Å². The number of aliphatic hydroxyl groups is 3. The second-order valence-electron chi connectivity index (χ2n) is 16.6. The van der Waals surface area contributed by atoms with Crippen LogP contribution in [0.1, 0.15) is 226 Å². The molecule has 320 valence electrons. The number of rotatable bonds is 37. The summed E-state index contributed by atoms with van der Waals surface area (Å²) in [4.78, 5) is 28.1. The van der Waals surface area contributed by atoms with Gasteiger partial charge in [0, 0.05) is 13.0 Å². The van der Waals surface area contributed by atoms with Crippen molar-refractivity contribution in [1.82, 2.24) is 10.2 Å². The standard InChI is InChI=1S/C45H89N3O6/c1-4-6-8-10-12-14-16-18-20-22-24-26-28-30-32-34-36-48(45-41(47-44(53)38(3)46)43(52)42(51)39(37-49)54-45)40(50)35-33-31-29-27-25-23-21-19-17-15-13-11-9-7-5-2/h38-39,41-43,45,49,51-52H,4-37,46H2,1-3H3,(H,47,53)/t38-,39+,41+,42-,43+,45+/m0/s1. The van der Waals surface area contributed by atoms with Gasteiger partial charge in [0.15, 0.2) is 6.23 Å². The average molecular weight is 768 g/mol. The molecule has 0 radical (unpaired) electrons. The van der Waals surface area contributed by atoms with Gasteiger partial charge in [0.2, 0.25) is 11.8 Å². The van der Waals surface area contributed by atoms with Crippen LogP contribution in [0.2, 0.25) is 0 Å². The van der Waals surface area contributed by atoms with E-state index in [0.29, 0.717) is 13.0 Å². The first-order chi connectivity index (χ1) is 26.3. The molecule has 0 aromatic carbocycles. The lowest BCUT2D eigenvalue weighted by Crippen LogP contribution is -2.69. The van der Waals surface area contributed by atoms with Crippen molar-refractivity contribution in [2.45, 2.75) is 263 Å². The number of carbonyl (C=O) groups is 2. The lowest BCUT2D eigenvalue weighted by molar-refractivity contribution is -0.231. The maximum absolute atomic E-state index is 13.8. The van der Waals surface area contributed by atoms with Gasteiger partial charge in [-0.3, -0.25) is 9.59 Å². The number of ether oxygens (including phenoxy) is 1. The Morgan fingerprint density at radius 3 is 1.30 bits per heavy atom. The monoisotopic (exact) mass is 768 g/mol. The number of hydrogen-bond acceptors (Lipinski definition) is 7. The highest BCUT2D eigenvalue weighted by atomic mass is 16.5. The summed E-state index contributed by atoms with van der Waals surface area (Å²) in [5.74, 6) is -0.588. The minimum absolute atomic E-state index is 0.0871. The predicted molar refractivity (Wildman–Crippen MR) is 224 cm³/mol. The van der Waals surface area contributed by atoms with Crippen molar-refractivity contribution in [2.24, 2.45) is 5.73 Å². The summed E-state index contributed by atoms with van der Waals surface area (Å²) in [7, 11) is 0.